The molecule has 2 aliphatic rings. The molecule has 0 saturated carbocycles. The van der Waals surface area contributed by atoms with Gasteiger partial charge in [-0.05, 0) is 64.1 Å². The Labute approximate surface area is 400 Å². The van der Waals surface area contributed by atoms with Gasteiger partial charge < -0.3 is 18.9 Å². The number of alkyl halides is 8. The second kappa shape index (κ2) is 18.3. The van der Waals surface area contributed by atoms with Gasteiger partial charge in [0, 0.05) is 94.4 Å². The Balaban J connectivity index is 0.000000194. The van der Waals surface area contributed by atoms with Gasteiger partial charge in [-0.1, -0.05) is 0 Å². The molecular formula is C47H44F9N15. The molecule has 0 aliphatic carbocycles. The fourth-order valence-electron chi connectivity index (χ4n) is 9.04. The Hall–Kier alpha value is -7.63. The van der Waals surface area contributed by atoms with Crippen molar-refractivity contribution < 1.29 is 39.5 Å². The summed E-state index contributed by atoms with van der Waals surface area (Å²) in [5, 5.41) is 46.8. The minimum atomic E-state index is -4.74. The number of halogens is 9. The lowest BCUT2D eigenvalue weighted by Gasteiger charge is -2.38. The first kappa shape index (κ1) is 49.8. The molecule has 24 heteroatoms. The van der Waals surface area contributed by atoms with Gasteiger partial charge in [-0.3, -0.25) is 0 Å². The molecule has 370 valence electrons. The van der Waals surface area contributed by atoms with Crippen LogP contribution in [0.2, 0.25) is 0 Å². The molecule has 7 heterocycles. The van der Waals surface area contributed by atoms with E-state index in [1.54, 1.807) is 57.7 Å². The number of hydrogen-bond acceptors (Lipinski definition) is 12. The number of piperidine rings is 2. The first-order chi connectivity index (χ1) is 33.3. The van der Waals surface area contributed by atoms with Gasteiger partial charge in [-0.25, -0.2) is 18.4 Å². The summed E-state index contributed by atoms with van der Waals surface area (Å²) in [6.07, 6.45) is -3.81. The molecule has 5 aromatic heterocycles. The average Bonchev–Trinajstić information content (AvgIpc) is 4.06. The normalized spacial score (nSPS) is 16.1. The zero-order chi connectivity index (χ0) is 51.4. The lowest BCUT2D eigenvalue weighted by molar-refractivity contribution is -0.138. The minimum Gasteiger partial charge on any atom is -0.370 e. The SMILES string of the molecule is Cc1cc(-c2cc(C(F)(F)F)cc(C#N)c2N2CCC(F)(c3nncn3C)CC2)cnn1.Cn1cnnc1C1(F)CCN(c2c(C#N)cc(C(F)(F)F)cc2-c2cnc3nn(C(C)(C)C)c(F)c3c2)CC1. The molecule has 9 rings (SSSR count). The van der Waals surface area contributed by atoms with E-state index in [4.69, 9.17) is 0 Å². The van der Waals surface area contributed by atoms with Crippen molar-refractivity contribution in [3.63, 3.8) is 0 Å². The van der Waals surface area contributed by atoms with Crippen LogP contribution in [0.4, 0.5) is 50.9 Å². The van der Waals surface area contributed by atoms with E-state index in [0.717, 1.165) is 24.3 Å². The van der Waals surface area contributed by atoms with Crippen molar-refractivity contribution >= 4 is 22.4 Å². The highest BCUT2D eigenvalue weighted by atomic mass is 19.4. The van der Waals surface area contributed by atoms with E-state index >= 15 is 13.2 Å². The predicted molar refractivity (Wildman–Crippen MR) is 240 cm³/mol. The van der Waals surface area contributed by atoms with Gasteiger partial charge in [0.1, 0.15) is 24.8 Å². The number of benzene rings is 2. The molecule has 2 aromatic carbocycles. The van der Waals surface area contributed by atoms with Crippen LogP contribution in [0.5, 0.6) is 0 Å². The molecule has 0 bridgehead atoms. The number of pyridine rings is 1. The van der Waals surface area contributed by atoms with Crippen molar-refractivity contribution in [3.05, 3.63) is 107 Å². The van der Waals surface area contributed by atoms with Gasteiger partial charge in [-0.15, -0.1) is 25.5 Å². The van der Waals surface area contributed by atoms with Crippen LogP contribution in [0.25, 0.3) is 33.3 Å². The van der Waals surface area contributed by atoms with Gasteiger partial charge in [0.2, 0.25) is 5.95 Å². The summed E-state index contributed by atoms with van der Waals surface area (Å²) >= 11 is 0. The Kier molecular flexibility index (Phi) is 12.8. The van der Waals surface area contributed by atoms with Crippen molar-refractivity contribution in [3.8, 4) is 34.4 Å². The molecule has 0 spiro atoms. The van der Waals surface area contributed by atoms with Crippen molar-refractivity contribution in [2.24, 2.45) is 14.1 Å². The first-order valence-corrected chi connectivity index (χ1v) is 22.1. The largest absolute Gasteiger partial charge is 0.416 e. The minimum absolute atomic E-state index is 0.0187. The number of rotatable bonds is 6. The van der Waals surface area contributed by atoms with Crippen LogP contribution in [0.1, 0.15) is 86.1 Å². The van der Waals surface area contributed by atoms with E-state index in [2.05, 4.69) is 40.7 Å². The summed E-state index contributed by atoms with van der Waals surface area (Å²) in [5.74, 6) is -0.305. The fraction of sp³-hybridized carbons (Fsp3) is 0.404. The summed E-state index contributed by atoms with van der Waals surface area (Å²) < 4.78 is 133. The third kappa shape index (κ3) is 9.66. The Morgan fingerprint density at radius 3 is 1.45 bits per heavy atom. The quantitative estimate of drug-likeness (QED) is 0.145. The average molecular weight is 990 g/mol. The van der Waals surface area contributed by atoms with Gasteiger partial charge in [0.15, 0.2) is 28.6 Å². The van der Waals surface area contributed by atoms with Crippen LogP contribution in [0, 0.1) is 35.5 Å². The van der Waals surface area contributed by atoms with Crippen molar-refractivity contribution in [2.75, 3.05) is 36.0 Å². The van der Waals surface area contributed by atoms with E-state index in [-0.39, 0.29) is 108 Å². The van der Waals surface area contributed by atoms with Crippen molar-refractivity contribution in [1.29, 1.82) is 10.5 Å². The highest BCUT2D eigenvalue weighted by Crippen LogP contribution is 2.46. The maximum atomic E-state index is 15.8. The molecule has 0 atom stereocenters. The zero-order valence-electron chi connectivity index (χ0n) is 39.0. The number of aryl methyl sites for hydroxylation is 3. The van der Waals surface area contributed by atoms with Gasteiger partial charge in [0.05, 0.1) is 56.4 Å². The third-order valence-electron chi connectivity index (χ3n) is 12.6. The number of hydrogen-bond donors (Lipinski definition) is 0. The molecule has 2 fully saturated rings. The molecule has 15 nitrogen and oxygen atoms in total. The molecular weight excluding hydrogens is 946 g/mol. The third-order valence-corrected chi connectivity index (χ3v) is 12.6. The van der Waals surface area contributed by atoms with Crippen LogP contribution >= 0.6 is 0 Å². The van der Waals surface area contributed by atoms with Crippen LogP contribution in [0.15, 0.2) is 61.4 Å². The number of fused-ring (bicyclic) bond motifs is 1. The van der Waals surface area contributed by atoms with Gasteiger partial charge >= 0.3 is 12.4 Å². The number of nitriles is 2. The Bertz CT molecular complexity index is 3210. The summed E-state index contributed by atoms with van der Waals surface area (Å²) in [6.45, 7) is 7.53. The highest BCUT2D eigenvalue weighted by Gasteiger charge is 2.43. The highest BCUT2D eigenvalue weighted by molar-refractivity contribution is 5.89. The second-order valence-electron chi connectivity index (χ2n) is 18.5. The van der Waals surface area contributed by atoms with Gasteiger partial charge in [0.25, 0.3) is 0 Å². The van der Waals surface area contributed by atoms with Crippen LogP contribution in [-0.2, 0) is 43.3 Å². The molecule has 7 aromatic rings. The molecule has 0 unspecified atom stereocenters. The zero-order valence-corrected chi connectivity index (χ0v) is 39.0. The van der Waals surface area contributed by atoms with Crippen LogP contribution in [0.3, 0.4) is 0 Å². The van der Waals surface area contributed by atoms with Crippen molar-refractivity contribution in [2.45, 2.75) is 82.6 Å². The lowest BCUT2D eigenvalue weighted by atomic mass is 9.90. The van der Waals surface area contributed by atoms with Gasteiger partial charge in [-0.2, -0.15) is 51.5 Å². The molecule has 0 radical (unpaired) electrons. The summed E-state index contributed by atoms with van der Waals surface area (Å²) in [5.41, 5.74) is -4.53. The van der Waals surface area contributed by atoms with E-state index in [9.17, 15) is 36.9 Å². The standard InChI is InChI=1S/C26H25F5N8.C21H19F4N7/c1-24(2,3)39-21(27)19-10-16(13-33-22(19)36-39)18-11-17(26(29,30)31)9-15(12-32)20(18)38-7-5-25(28,6-8-38)23-35-34-14-37(23)4;1-13-7-15(11-27-29-13)17-9-16(21(23,24)25)8-14(10-26)18(17)32-5-3-20(22,4-6-32)19-30-28-12-31(19)2/h9-11,13-14H,5-8H2,1-4H3;7-9,11-12H,3-6H2,1-2H3. The fourth-order valence-corrected chi connectivity index (χ4v) is 9.04. The maximum absolute atomic E-state index is 15.8. The smallest absolute Gasteiger partial charge is 0.370 e. The molecule has 2 saturated heterocycles. The number of nitrogens with zero attached hydrogens (tertiary/aromatic N) is 15. The van der Waals surface area contributed by atoms with E-state index in [0.29, 0.717) is 16.9 Å². The van der Waals surface area contributed by atoms with E-state index < -0.39 is 46.3 Å². The lowest BCUT2D eigenvalue weighted by Crippen LogP contribution is -2.42. The van der Waals surface area contributed by atoms with Crippen molar-refractivity contribution in [1.82, 2.24) is 54.5 Å². The topological polar surface area (TPSA) is 172 Å². The predicted octanol–water partition coefficient (Wildman–Crippen LogP) is 9.41. The monoisotopic (exact) mass is 989 g/mol. The summed E-state index contributed by atoms with van der Waals surface area (Å²) in [7, 11) is 3.29. The maximum Gasteiger partial charge on any atom is 0.416 e. The Morgan fingerprint density at radius 1 is 0.620 bits per heavy atom. The number of anilines is 2. The molecule has 0 N–H and O–H groups in total. The Morgan fingerprint density at radius 2 is 1.07 bits per heavy atom. The summed E-state index contributed by atoms with van der Waals surface area (Å²) in [6, 6.07) is 10.3. The van der Waals surface area contributed by atoms with Crippen LogP contribution < -0.4 is 9.80 Å². The first-order valence-electron chi connectivity index (χ1n) is 22.1. The van der Waals surface area contributed by atoms with Crippen LogP contribution in [-0.4, -0.2) is 80.7 Å². The number of aromatic nitrogens is 11. The molecule has 0 amide bonds. The summed E-state index contributed by atoms with van der Waals surface area (Å²) in [4.78, 5) is 7.65. The molecule has 2 aliphatic heterocycles. The second-order valence-corrected chi connectivity index (χ2v) is 18.5. The van der Waals surface area contributed by atoms with E-state index in [1.807, 2.05) is 12.1 Å². The molecule has 71 heavy (non-hydrogen) atoms. The van der Waals surface area contributed by atoms with E-state index in [1.165, 1.54) is 44.9 Å².